The highest BCUT2D eigenvalue weighted by Gasteiger charge is 2.24. The van der Waals surface area contributed by atoms with Gasteiger partial charge >= 0.3 is 6.09 Å². The van der Waals surface area contributed by atoms with Crippen molar-refractivity contribution < 1.29 is 19.2 Å². The van der Waals surface area contributed by atoms with Crippen molar-refractivity contribution in [2.24, 2.45) is 0 Å². The van der Waals surface area contributed by atoms with Gasteiger partial charge in [0.05, 0.1) is 12.6 Å². The highest BCUT2D eigenvalue weighted by Crippen LogP contribution is 2.37. The number of carbonyl (C=O) groups excluding carboxylic acids is 1. The maximum Gasteiger partial charge on any atom is 0.408 e. The lowest BCUT2D eigenvalue weighted by Gasteiger charge is -2.24. The van der Waals surface area contributed by atoms with E-state index in [2.05, 4.69) is 5.32 Å². The van der Waals surface area contributed by atoms with E-state index in [-0.39, 0.29) is 6.61 Å². The summed E-state index contributed by atoms with van der Waals surface area (Å²) in [6.45, 7) is 8.32. The van der Waals surface area contributed by atoms with Crippen molar-refractivity contribution in [3.05, 3.63) is 29.8 Å². The van der Waals surface area contributed by atoms with Crippen molar-refractivity contribution >= 4 is 18.5 Å². The van der Waals surface area contributed by atoms with E-state index in [1.54, 1.807) is 58.4 Å². The lowest BCUT2D eigenvalue weighted by molar-refractivity contribution is 0.0482. The Morgan fingerprint density at radius 1 is 1.33 bits per heavy atom. The molecule has 1 rings (SSSR count). The van der Waals surface area contributed by atoms with Crippen LogP contribution in [0.25, 0.3) is 0 Å². The van der Waals surface area contributed by atoms with Crippen molar-refractivity contribution in [3.63, 3.8) is 0 Å². The first-order valence-corrected chi connectivity index (χ1v) is 9.39. The second-order valence-corrected chi connectivity index (χ2v) is 9.47. The van der Waals surface area contributed by atoms with E-state index < -0.39 is 24.9 Å². The van der Waals surface area contributed by atoms with Gasteiger partial charge in [-0.25, -0.2) is 4.79 Å². The van der Waals surface area contributed by atoms with E-state index in [1.165, 1.54) is 0 Å². The number of ether oxygens (including phenoxy) is 1. The zero-order valence-electron chi connectivity index (χ0n) is 13.2. The molecule has 0 saturated heterocycles. The minimum absolute atomic E-state index is 0.295. The van der Waals surface area contributed by atoms with Crippen LogP contribution in [0.5, 0.6) is 0 Å². The minimum Gasteiger partial charge on any atom is -0.444 e. The minimum atomic E-state index is -2.51. The SMILES string of the molecule is CC(C)(C)OC(=O)NC(CO)c1ccccc1P(C)(C)=O. The molecule has 0 radical (unpaired) electrons. The van der Waals surface area contributed by atoms with Gasteiger partial charge in [-0.15, -0.1) is 0 Å². The molecule has 0 fully saturated rings. The zero-order chi connectivity index (χ0) is 16.3. The Morgan fingerprint density at radius 3 is 2.38 bits per heavy atom. The molecule has 6 heteroatoms. The van der Waals surface area contributed by atoms with Crippen LogP contribution in [0.15, 0.2) is 24.3 Å². The lowest BCUT2D eigenvalue weighted by Crippen LogP contribution is -2.37. The van der Waals surface area contributed by atoms with Crippen LogP contribution < -0.4 is 10.6 Å². The zero-order valence-corrected chi connectivity index (χ0v) is 14.1. The van der Waals surface area contributed by atoms with E-state index in [4.69, 9.17) is 4.74 Å². The Labute approximate surface area is 126 Å². The second-order valence-electron chi connectivity index (χ2n) is 6.29. The quantitative estimate of drug-likeness (QED) is 0.837. The number of hydrogen-bond donors (Lipinski definition) is 2. The van der Waals surface area contributed by atoms with E-state index >= 15 is 0 Å². The molecule has 0 aliphatic carbocycles. The molecule has 5 nitrogen and oxygen atoms in total. The third kappa shape index (κ3) is 5.52. The molecular weight excluding hydrogens is 289 g/mol. The fourth-order valence-corrected chi connectivity index (χ4v) is 3.24. The number of nitrogens with one attached hydrogen (secondary N) is 1. The standard InChI is InChI=1S/C15H24NO4P/c1-15(2,3)20-14(18)16-12(10-17)11-8-6-7-9-13(11)21(4,5)19/h6-9,12,17H,10H2,1-5H3,(H,16,18). The first-order valence-electron chi connectivity index (χ1n) is 6.79. The van der Waals surface area contributed by atoms with Gasteiger partial charge in [-0.1, -0.05) is 24.3 Å². The van der Waals surface area contributed by atoms with Crippen LogP contribution in [0, 0.1) is 0 Å². The van der Waals surface area contributed by atoms with Crippen molar-refractivity contribution in [3.8, 4) is 0 Å². The van der Waals surface area contributed by atoms with Gasteiger partial charge in [-0.3, -0.25) is 0 Å². The summed E-state index contributed by atoms with van der Waals surface area (Å²) in [6, 6.07) is 6.45. The van der Waals surface area contributed by atoms with E-state index in [1.807, 2.05) is 0 Å². The molecule has 0 saturated carbocycles. The lowest BCUT2D eigenvalue weighted by atomic mass is 10.1. The fraction of sp³-hybridized carbons (Fsp3) is 0.533. The van der Waals surface area contributed by atoms with Crippen LogP contribution in [0.4, 0.5) is 4.79 Å². The van der Waals surface area contributed by atoms with Crippen molar-refractivity contribution in [2.75, 3.05) is 19.9 Å². The average Bonchev–Trinajstić information content (AvgIpc) is 2.32. The Hall–Kier alpha value is -1.32. The van der Waals surface area contributed by atoms with Gasteiger partial charge in [0.2, 0.25) is 0 Å². The summed E-state index contributed by atoms with van der Waals surface area (Å²) in [5, 5.41) is 12.8. The summed E-state index contributed by atoms with van der Waals surface area (Å²) in [7, 11) is -2.51. The second kappa shape index (κ2) is 6.63. The average molecular weight is 313 g/mol. The summed E-state index contributed by atoms with van der Waals surface area (Å²) in [4.78, 5) is 11.8. The number of alkyl carbamates (subject to hydrolysis) is 1. The molecule has 0 aromatic heterocycles. The van der Waals surface area contributed by atoms with Gasteiger partial charge in [-0.2, -0.15) is 0 Å². The molecule has 2 N–H and O–H groups in total. The monoisotopic (exact) mass is 313 g/mol. The summed E-state index contributed by atoms with van der Waals surface area (Å²) >= 11 is 0. The highest BCUT2D eigenvalue weighted by molar-refractivity contribution is 7.70. The maximum absolute atomic E-state index is 12.3. The number of benzene rings is 1. The van der Waals surface area contributed by atoms with Crippen LogP contribution in [0.3, 0.4) is 0 Å². The molecule has 0 bridgehead atoms. The Kier molecular flexibility index (Phi) is 5.60. The van der Waals surface area contributed by atoms with Gasteiger partial charge in [0.15, 0.2) is 0 Å². The number of aliphatic hydroxyl groups excluding tert-OH is 1. The molecule has 0 spiro atoms. The van der Waals surface area contributed by atoms with E-state index in [0.29, 0.717) is 10.9 Å². The van der Waals surface area contributed by atoms with Crippen molar-refractivity contribution in [1.29, 1.82) is 0 Å². The number of carbonyl (C=O) groups is 1. The van der Waals surface area contributed by atoms with E-state index in [9.17, 15) is 14.5 Å². The molecule has 0 aliphatic heterocycles. The highest BCUT2D eigenvalue weighted by atomic mass is 31.2. The number of hydrogen-bond acceptors (Lipinski definition) is 4. The summed E-state index contributed by atoms with van der Waals surface area (Å²) in [5.41, 5.74) is 0.0354. The van der Waals surface area contributed by atoms with Crippen LogP contribution in [-0.2, 0) is 9.30 Å². The smallest absolute Gasteiger partial charge is 0.408 e. The fourth-order valence-electron chi connectivity index (χ4n) is 1.94. The van der Waals surface area contributed by atoms with Crippen LogP contribution in [-0.4, -0.2) is 36.7 Å². The molecule has 0 aliphatic rings. The molecule has 1 aromatic carbocycles. The predicted molar refractivity (Wildman–Crippen MR) is 84.7 cm³/mol. The summed E-state index contributed by atoms with van der Waals surface area (Å²) in [6.07, 6.45) is -0.613. The molecule has 1 unspecified atom stereocenters. The third-order valence-electron chi connectivity index (χ3n) is 2.77. The molecule has 1 amide bonds. The van der Waals surface area contributed by atoms with Crippen LogP contribution in [0.1, 0.15) is 32.4 Å². The van der Waals surface area contributed by atoms with Gasteiger partial charge in [0.1, 0.15) is 12.7 Å². The maximum atomic E-state index is 12.3. The first kappa shape index (κ1) is 17.7. The largest absolute Gasteiger partial charge is 0.444 e. The Morgan fingerprint density at radius 2 is 1.90 bits per heavy atom. The number of aliphatic hydroxyl groups is 1. The van der Waals surface area contributed by atoms with Crippen molar-refractivity contribution in [1.82, 2.24) is 5.32 Å². The molecule has 1 atom stereocenters. The third-order valence-corrected chi connectivity index (χ3v) is 4.33. The summed E-state index contributed by atoms with van der Waals surface area (Å²) < 4.78 is 17.5. The normalized spacial score (nSPS) is 13.6. The number of rotatable bonds is 4. The number of amides is 1. The van der Waals surface area contributed by atoms with Crippen molar-refractivity contribution in [2.45, 2.75) is 32.4 Å². The van der Waals surface area contributed by atoms with Crippen LogP contribution in [0.2, 0.25) is 0 Å². The first-order chi connectivity index (χ1) is 9.54. The molecule has 118 valence electrons. The predicted octanol–water partition coefficient (Wildman–Crippen LogP) is 2.49. The molecule has 0 heterocycles. The topological polar surface area (TPSA) is 75.6 Å². The van der Waals surface area contributed by atoms with Gasteiger partial charge in [-0.05, 0) is 39.7 Å². The van der Waals surface area contributed by atoms with Crippen LogP contribution >= 0.6 is 7.14 Å². The van der Waals surface area contributed by atoms with Gasteiger partial charge < -0.3 is 19.7 Å². The Balaban J connectivity index is 3.02. The molecular formula is C15H24NO4P. The van der Waals surface area contributed by atoms with E-state index in [0.717, 1.165) is 0 Å². The molecule has 21 heavy (non-hydrogen) atoms. The van der Waals surface area contributed by atoms with Gasteiger partial charge in [0, 0.05) is 5.30 Å². The Bertz CT molecular complexity index is 545. The summed E-state index contributed by atoms with van der Waals surface area (Å²) in [5.74, 6) is 0. The molecule has 1 aromatic rings. The van der Waals surface area contributed by atoms with Gasteiger partial charge in [0.25, 0.3) is 0 Å².